The normalized spacial score (nSPS) is 11.9. The van der Waals surface area contributed by atoms with Gasteiger partial charge in [-0.05, 0) is 47.9 Å². The number of nitrogens with one attached hydrogen (secondary N) is 3. The molecule has 2 amide bonds. The van der Waals surface area contributed by atoms with E-state index in [0.29, 0.717) is 22.4 Å². The molecular weight excluding hydrogens is 459 g/mol. The zero-order chi connectivity index (χ0) is 24.0. The Morgan fingerprint density at radius 1 is 0.824 bits per heavy atom. The number of carboxylic acid groups (broad SMARTS) is 1. The average molecular weight is 483 g/mol. The van der Waals surface area contributed by atoms with Gasteiger partial charge in [0.2, 0.25) is 11.8 Å². The number of nitrogen functional groups attached to an aromatic ring is 1. The van der Waals surface area contributed by atoms with Crippen LogP contribution in [0.3, 0.4) is 0 Å². The third-order valence-corrected chi connectivity index (χ3v) is 5.13. The number of nitrogens with two attached hydrogens (primary N) is 1. The third-order valence-electron chi connectivity index (χ3n) is 5.13. The molecule has 3 rings (SSSR count). The van der Waals surface area contributed by atoms with Gasteiger partial charge in [-0.15, -0.1) is 0 Å². The maximum Gasteiger partial charge on any atom is 1.00 e. The van der Waals surface area contributed by atoms with Crippen LogP contribution in [0.2, 0.25) is 0 Å². The summed E-state index contributed by atoms with van der Waals surface area (Å²) in [4.78, 5) is 37.2. The summed E-state index contributed by atoms with van der Waals surface area (Å²) in [6, 6.07) is 20.6. The van der Waals surface area contributed by atoms with E-state index in [1.165, 1.54) is 12.1 Å². The summed E-state index contributed by atoms with van der Waals surface area (Å²) in [7, 11) is 0. The summed E-state index contributed by atoms with van der Waals surface area (Å²) in [5.41, 5.74) is 7.68. The van der Waals surface area contributed by atoms with Crippen molar-refractivity contribution in [1.29, 1.82) is 5.41 Å². The molecule has 0 saturated heterocycles. The molecule has 0 heterocycles. The van der Waals surface area contributed by atoms with E-state index in [-0.39, 0.29) is 62.8 Å². The summed E-state index contributed by atoms with van der Waals surface area (Å²) < 4.78 is 0. The summed E-state index contributed by atoms with van der Waals surface area (Å²) in [5.74, 6) is -3.51. The van der Waals surface area contributed by atoms with E-state index in [9.17, 15) is 19.5 Å². The maximum absolute atomic E-state index is 13.2. The first-order chi connectivity index (χ1) is 15.8. The number of amides is 2. The molecule has 0 fully saturated rings. The zero-order valence-electron chi connectivity index (χ0n) is 18.9. The molecule has 0 aliphatic rings. The SMILES string of the molecule is CC(NC(=O)C(C(=O)Nc1ccc(C(=N)N)cc1)c1ccccc1)c1ccc(C(=O)[O-])cc1.[K+]. The Morgan fingerprint density at radius 2 is 1.38 bits per heavy atom. The van der Waals surface area contributed by atoms with Gasteiger partial charge in [0.25, 0.3) is 0 Å². The van der Waals surface area contributed by atoms with Crippen molar-refractivity contribution in [1.82, 2.24) is 5.32 Å². The molecule has 0 aliphatic carbocycles. The fraction of sp³-hybridized carbons (Fsp3) is 0.120. The molecule has 8 nitrogen and oxygen atoms in total. The first-order valence-corrected chi connectivity index (χ1v) is 10.2. The maximum atomic E-state index is 13.2. The number of hydrogen-bond acceptors (Lipinski definition) is 5. The topological polar surface area (TPSA) is 148 Å². The minimum Gasteiger partial charge on any atom is -0.545 e. The van der Waals surface area contributed by atoms with Gasteiger partial charge in [-0.3, -0.25) is 15.0 Å². The Bertz CT molecular complexity index is 1170. The van der Waals surface area contributed by atoms with Crippen molar-refractivity contribution in [2.45, 2.75) is 18.9 Å². The van der Waals surface area contributed by atoms with Gasteiger partial charge in [-0.25, -0.2) is 0 Å². The number of anilines is 1. The van der Waals surface area contributed by atoms with Crippen molar-refractivity contribution < 1.29 is 70.9 Å². The summed E-state index contributed by atoms with van der Waals surface area (Å²) in [6.45, 7) is 1.74. The van der Waals surface area contributed by atoms with Crippen molar-refractivity contribution in [2.24, 2.45) is 5.73 Å². The van der Waals surface area contributed by atoms with Crippen molar-refractivity contribution in [2.75, 3.05) is 5.32 Å². The molecule has 0 spiro atoms. The van der Waals surface area contributed by atoms with Gasteiger partial charge in [-0.2, -0.15) is 0 Å². The molecule has 5 N–H and O–H groups in total. The number of carbonyl (C=O) groups excluding carboxylic acids is 3. The standard InChI is InChI=1S/C25H24N4O4.K/c1-15(16-7-9-19(10-8-16)25(32)33)28-23(30)21(17-5-3-2-4-6-17)24(31)29-20-13-11-18(12-14-20)22(26)27;/h2-15,21H,1H3,(H3,26,27)(H,28,30)(H,29,31)(H,32,33);/q;+1/p-1. The number of carbonyl (C=O) groups is 3. The monoisotopic (exact) mass is 482 g/mol. The summed E-state index contributed by atoms with van der Waals surface area (Å²) in [5, 5.41) is 24.0. The van der Waals surface area contributed by atoms with Crippen LogP contribution in [0.15, 0.2) is 78.9 Å². The quantitative estimate of drug-likeness (QED) is 0.140. The molecule has 3 aromatic rings. The second-order valence-corrected chi connectivity index (χ2v) is 7.46. The molecular formula is C25H23KN4O4. The van der Waals surface area contributed by atoms with Gasteiger partial charge in [0.05, 0.1) is 12.0 Å². The van der Waals surface area contributed by atoms with Gasteiger partial charge in [0.15, 0.2) is 0 Å². The van der Waals surface area contributed by atoms with E-state index < -0.39 is 29.7 Å². The predicted octanol–water partition coefficient (Wildman–Crippen LogP) is -1.06. The molecule has 0 bridgehead atoms. The van der Waals surface area contributed by atoms with Crippen molar-refractivity contribution in [3.63, 3.8) is 0 Å². The van der Waals surface area contributed by atoms with Crippen LogP contribution in [0.1, 0.15) is 45.9 Å². The molecule has 0 aromatic heterocycles. The molecule has 0 radical (unpaired) electrons. The summed E-state index contributed by atoms with van der Waals surface area (Å²) in [6.07, 6.45) is 0. The van der Waals surface area contributed by atoms with Crippen LogP contribution < -0.4 is 72.9 Å². The fourth-order valence-electron chi connectivity index (χ4n) is 3.30. The third kappa shape index (κ3) is 7.09. The number of aromatic carboxylic acids is 1. The van der Waals surface area contributed by atoms with Crippen molar-refractivity contribution in [3.8, 4) is 0 Å². The molecule has 0 saturated carbocycles. The van der Waals surface area contributed by atoms with E-state index in [2.05, 4.69) is 10.6 Å². The van der Waals surface area contributed by atoms with Crippen LogP contribution in [-0.2, 0) is 9.59 Å². The zero-order valence-corrected chi connectivity index (χ0v) is 22.0. The molecule has 2 unspecified atom stereocenters. The van der Waals surface area contributed by atoms with Crippen LogP contribution in [0.5, 0.6) is 0 Å². The summed E-state index contributed by atoms with van der Waals surface area (Å²) >= 11 is 0. The Hall–Kier alpha value is -2.82. The molecule has 168 valence electrons. The number of carboxylic acids is 1. The Labute approximate surface area is 239 Å². The predicted molar refractivity (Wildman–Crippen MR) is 123 cm³/mol. The Balaban J connectivity index is 0.00000408. The largest absolute Gasteiger partial charge is 1.00 e. The Morgan fingerprint density at radius 3 is 1.91 bits per heavy atom. The Kier molecular flexibility index (Phi) is 10.2. The van der Waals surface area contributed by atoms with Gasteiger partial charge in [0.1, 0.15) is 11.8 Å². The van der Waals surface area contributed by atoms with Crippen LogP contribution >= 0.6 is 0 Å². The number of hydrogen-bond donors (Lipinski definition) is 4. The molecule has 0 aliphatic heterocycles. The van der Waals surface area contributed by atoms with Gasteiger partial charge in [-0.1, -0.05) is 54.6 Å². The second-order valence-electron chi connectivity index (χ2n) is 7.46. The van der Waals surface area contributed by atoms with E-state index >= 15 is 0 Å². The second kappa shape index (κ2) is 12.6. The van der Waals surface area contributed by atoms with Crippen LogP contribution in [0.4, 0.5) is 5.69 Å². The number of benzene rings is 3. The molecule has 3 aromatic carbocycles. The smallest absolute Gasteiger partial charge is 0.545 e. The first kappa shape index (κ1) is 27.4. The molecule has 34 heavy (non-hydrogen) atoms. The minimum atomic E-state index is -1.28. The van der Waals surface area contributed by atoms with E-state index in [0.717, 1.165) is 0 Å². The fourth-order valence-corrected chi connectivity index (χ4v) is 3.30. The van der Waals surface area contributed by atoms with Gasteiger partial charge < -0.3 is 26.3 Å². The van der Waals surface area contributed by atoms with E-state index in [1.54, 1.807) is 73.7 Å². The average Bonchev–Trinajstić information content (AvgIpc) is 2.80. The number of amidine groups is 1. The van der Waals surface area contributed by atoms with Gasteiger partial charge >= 0.3 is 51.4 Å². The van der Waals surface area contributed by atoms with Gasteiger partial charge in [0, 0.05) is 11.3 Å². The van der Waals surface area contributed by atoms with Crippen molar-refractivity contribution >= 4 is 29.3 Å². The van der Waals surface area contributed by atoms with Crippen LogP contribution in [-0.4, -0.2) is 23.6 Å². The first-order valence-electron chi connectivity index (χ1n) is 10.2. The van der Waals surface area contributed by atoms with E-state index in [1.807, 2.05) is 0 Å². The molecule has 9 heteroatoms. The number of rotatable bonds is 8. The van der Waals surface area contributed by atoms with E-state index in [4.69, 9.17) is 11.1 Å². The van der Waals surface area contributed by atoms with Crippen molar-refractivity contribution in [3.05, 3.63) is 101 Å². The van der Waals surface area contributed by atoms with Crippen LogP contribution in [0.25, 0.3) is 0 Å². The molecule has 2 atom stereocenters. The minimum absolute atomic E-state index is 0. The van der Waals surface area contributed by atoms with Crippen LogP contribution in [0, 0.1) is 5.41 Å².